The van der Waals surface area contributed by atoms with Gasteiger partial charge in [-0.1, -0.05) is 30.3 Å². The van der Waals surface area contributed by atoms with Crippen LogP contribution in [-0.4, -0.2) is 45.5 Å². The molecule has 1 aliphatic rings. The van der Waals surface area contributed by atoms with Gasteiger partial charge < -0.3 is 20.1 Å². The van der Waals surface area contributed by atoms with Gasteiger partial charge >= 0.3 is 0 Å². The summed E-state index contributed by atoms with van der Waals surface area (Å²) < 4.78 is 11.1. The topological polar surface area (TPSA) is 54.9 Å². The van der Waals surface area contributed by atoms with Gasteiger partial charge in [0.2, 0.25) is 0 Å². The smallest absolute Gasteiger partial charge is 0.191 e. The molecule has 116 valence electrons. The third-order valence-electron chi connectivity index (χ3n) is 3.94. The number of nitrogens with zero attached hydrogens (tertiary/aromatic N) is 1. The molecule has 1 aromatic rings. The van der Waals surface area contributed by atoms with Gasteiger partial charge in [0, 0.05) is 53.3 Å². The summed E-state index contributed by atoms with van der Waals surface area (Å²) in [4.78, 5) is 4.26. The Morgan fingerprint density at radius 1 is 1.24 bits per heavy atom. The molecule has 2 N–H and O–H groups in total. The van der Waals surface area contributed by atoms with E-state index in [-0.39, 0.29) is 5.60 Å². The molecule has 5 nitrogen and oxygen atoms in total. The molecule has 1 fully saturated rings. The minimum Gasteiger partial charge on any atom is -0.381 e. The zero-order valence-electron chi connectivity index (χ0n) is 12.9. The Hall–Kier alpha value is -1.59. The molecule has 0 amide bonds. The Bertz CT molecular complexity index is 442. The number of aliphatic imine (C=N–C) groups is 1. The number of benzene rings is 1. The Kier molecular flexibility index (Phi) is 6.02. The third kappa shape index (κ3) is 4.72. The number of rotatable bonds is 5. The van der Waals surface area contributed by atoms with Gasteiger partial charge in [0.1, 0.15) is 0 Å². The molecule has 0 saturated carbocycles. The molecular weight excluding hydrogens is 266 g/mol. The molecular formula is C16H25N3O2. The maximum absolute atomic E-state index is 5.71. The second-order valence-corrected chi connectivity index (χ2v) is 5.26. The summed E-state index contributed by atoms with van der Waals surface area (Å²) in [6, 6.07) is 10.3. The van der Waals surface area contributed by atoms with Crippen LogP contribution in [0.5, 0.6) is 0 Å². The number of hydrogen-bond donors (Lipinski definition) is 2. The first-order valence-corrected chi connectivity index (χ1v) is 7.39. The van der Waals surface area contributed by atoms with Gasteiger partial charge in [0.15, 0.2) is 5.96 Å². The summed E-state index contributed by atoms with van der Waals surface area (Å²) in [5.41, 5.74) is 1.08. The lowest BCUT2D eigenvalue weighted by atomic mass is 9.94. The van der Waals surface area contributed by atoms with Gasteiger partial charge in [0.25, 0.3) is 0 Å². The molecule has 0 radical (unpaired) electrons. The van der Waals surface area contributed by atoms with Crippen molar-refractivity contribution in [2.75, 3.05) is 33.9 Å². The van der Waals surface area contributed by atoms with E-state index < -0.39 is 0 Å². The van der Waals surface area contributed by atoms with Crippen LogP contribution in [0.4, 0.5) is 0 Å². The molecule has 0 bridgehead atoms. The van der Waals surface area contributed by atoms with E-state index in [1.807, 2.05) is 18.2 Å². The van der Waals surface area contributed by atoms with Crippen LogP contribution in [0.15, 0.2) is 35.3 Å². The first-order valence-electron chi connectivity index (χ1n) is 7.39. The molecule has 0 unspecified atom stereocenters. The van der Waals surface area contributed by atoms with Crippen LogP contribution in [0.2, 0.25) is 0 Å². The average Bonchev–Trinajstić information content (AvgIpc) is 2.57. The predicted octanol–water partition coefficient (Wildman–Crippen LogP) is 1.55. The highest BCUT2D eigenvalue weighted by Crippen LogP contribution is 2.23. The first-order chi connectivity index (χ1) is 10.3. The van der Waals surface area contributed by atoms with Gasteiger partial charge in [-0.2, -0.15) is 0 Å². The van der Waals surface area contributed by atoms with Gasteiger partial charge in [-0.15, -0.1) is 0 Å². The lowest BCUT2D eigenvalue weighted by Gasteiger charge is -2.36. The summed E-state index contributed by atoms with van der Waals surface area (Å²) in [6.07, 6.45) is 1.82. The molecule has 21 heavy (non-hydrogen) atoms. The molecule has 0 aliphatic carbocycles. The zero-order chi connectivity index (χ0) is 15.0. The predicted molar refractivity (Wildman–Crippen MR) is 84.4 cm³/mol. The number of hydrogen-bond acceptors (Lipinski definition) is 3. The maximum Gasteiger partial charge on any atom is 0.191 e. The maximum atomic E-state index is 5.71. The standard InChI is InChI=1S/C16H25N3O2/c1-17-15(18-12-14-6-4-3-5-7-14)19-13-16(20-2)8-10-21-11-9-16/h3-7H,8-13H2,1-2H3,(H2,17,18,19). The van der Waals surface area contributed by atoms with Gasteiger partial charge in [-0.25, -0.2) is 0 Å². The molecule has 1 aromatic carbocycles. The summed E-state index contributed by atoms with van der Waals surface area (Å²) in [6.45, 7) is 3.00. The highest BCUT2D eigenvalue weighted by Gasteiger charge is 2.32. The summed E-state index contributed by atoms with van der Waals surface area (Å²) in [7, 11) is 3.55. The van der Waals surface area contributed by atoms with Crippen molar-refractivity contribution in [3.63, 3.8) is 0 Å². The Morgan fingerprint density at radius 2 is 1.95 bits per heavy atom. The van der Waals surface area contributed by atoms with Crippen molar-refractivity contribution in [3.05, 3.63) is 35.9 Å². The normalized spacial score (nSPS) is 18.3. The molecule has 0 atom stereocenters. The molecule has 2 rings (SSSR count). The van der Waals surface area contributed by atoms with Crippen molar-refractivity contribution in [1.82, 2.24) is 10.6 Å². The van der Waals surface area contributed by atoms with Crippen LogP contribution in [0.1, 0.15) is 18.4 Å². The second-order valence-electron chi connectivity index (χ2n) is 5.26. The monoisotopic (exact) mass is 291 g/mol. The molecule has 0 spiro atoms. The van der Waals surface area contributed by atoms with E-state index in [9.17, 15) is 0 Å². The minimum absolute atomic E-state index is 0.150. The van der Waals surface area contributed by atoms with Gasteiger partial charge in [-0.3, -0.25) is 4.99 Å². The van der Waals surface area contributed by atoms with E-state index in [0.717, 1.165) is 45.1 Å². The van der Waals surface area contributed by atoms with Gasteiger partial charge in [0.05, 0.1) is 5.60 Å². The van der Waals surface area contributed by atoms with Crippen molar-refractivity contribution in [1.29, 1.82) is 0 Å². The van der Waals surface area contributed by atoms with Crippen LogP contribution in [0.3, 0.4) is 0 Å². The fourth-order valence-electron chi connectivity index (χ4n) is 2.44. The van der Waals surface area contributed by atoms with E-state index in [1.54, 1.807) is 14.2 Å². The van der Waals surface area contributed by atoms with Crippen molar-refractivity contribution < 1.29 is 9.47 Å². The van der Waals surface area contributed by atoms with Crippen molar-refractivity contribution in [2.24, 2.45) is 4.99 Å². The summed E-state index contributed by atoms with van der Waals surface area (Å²) in [5.74, 6) is 0.793. The Morgan fingerprint density at radius 3 is 2.57 bits per heavy atom. The van der Waals surface area contributed by atoms with Crippen LogP contribution < -0.4 is 10.6 Å². The highest BCUT2D eigenvalue weighted by molar-refractivity contribution is 5.79. The fraction of sp³-hybridized carbons (Fsp3) is 0.562. The minimum atomic E-state index is -0.150. The first kappa shape index (κ1) is 15.8. The van der Waals surface area contributed by atoms with Crippen LogP contribution in [0.25, 0.3) is 0 Å². The van der Waals surface area contributed by atoms with Gasteiger partial charge in [-0.05, 0) is 5.56 Å². The molecule has 0 aromatic heterocycles. The lowest BCUT2D eigenvalue weighted by molar-refractivity contribution is -0.0855. The fourth-order valence-corrected chi connectivity index (χ4v) is 2.44. The van der Waals surface area contributed by atoms with Crippen molar-refractivity contribution >= 4 is 5.96 Å². The number of ether oxygens (including phenoxy) is 2. The number of nitrogens with one attached hydrogen (secondary N) is 2. The van der Waals surface area contributed by atoms with Crippen molar-refractivity contribution in [3.8, 4) is 0 Å². The van der Waals surface area contributed by atoms with Crippen LogP contribution >= 0.6 is 0 Å². The summed E-state index contributed by atoms with van der Waals surface area (Å²) in [5, 5.41) is 6.68. The quantitative estimate of drug-likeness (QED) is 0.638. The van der Waals surface area contributed by atoms with E-state index in [4.69, 9.17) is 9.47 Å². The number of methoxy groups -OCH3 is 1. The average molecular weight is 291 g/mol. The summed E-state index contributed by atoms with van der Waals surface area (Å²) >= 11 is 0. The van der Waals surface area contributed by atoms with E-state index in [2.05, 4.69) is 27.8 Å². The van der Waals surface area contributed by atoms with E-state index in [1.165, 1.54) is 5.56 Å². The zero-order valence-corrected chi connectivity index (χ0v) is 12.9. The van der Waals surface area contributed by atoms with Crippen molar-refractivity contribution in [2.45, 2.75) is 25.0 Å². The van der Waals surface area contributed by atoms with Crippen LogP contribution in [-0.2, 0) is 16.0 Å². The highest BCUT2D eigenvalue weighted by atomic mass is 16.5. The van der Waals surface area contributed by atoms with Crippen LogP contribution in [0, 0.1) is 0 Å². The molecule has 5 heteroatoms. The number of guanidine groups is 1. The SMILES string of the molecule is CN=C(NCc1ccccc1)NCC1(OC)CCOCC1. The largest absolute Gasteiger partial charge is 0.381 e. The Balaban J connectivity index is 1.82. The molecule has 1 heterocycles. The van der Waals surface area contributed by atoms with E-state index in [0.29, 0.717) is 0 Å². The lowest BCUT2D eigenvalue weighted by Crippen LogP contribution is -2.50. The van der Waals surface area contributed by atoms with E-state index >= 15 is 0 Å². The molecule has 1 aliphatic heterocycles. The second kappa shape index (κ2) is 8.00. The third-order valence-corrected chi connectivity index (χ3v) is 3.94. The Labute approximate surface area is 126 Å². The molecule has 1 saturated heterocycles.